The largest absolute Gasteiger partial charge is 0.494 e. The maximum atomic E-state index is 13.6. The van der Waals surface area contributed by atoms with E-state index in [2.05, 4.69) is 0 Å². The van der Waals surface area contributed by atoms with Crippen LogP contribution in [0.1, 0.15) is 29.6 Å². The lowest BCUT2D eigenvalue weighted by molar-refractivity contribution is 0.0986. The molecule has 1 heterocycles. The highest BCUT2D eigenvalue weighted by molar-refractivity contribution is 7.89. The van der Waals surface area contributed by atoms with Crippen molar-refractivity contribution in [1.82, 2.24) is 14.2 Å². The first-order valence-electron chi connectivity index (χ1n) is 12.0. The third-order valence-corrected chi connectivity index (χ3v) is 8.70. The fourth-order valence-corrected chi connectivity index (χ4v) is 6.25. The number of hydrogen-bond acceptors (Lipinski definition) is 9. The molecule has 1 amide bonds. The molecular formula is C26H30N6O4S2. The number of fused-ring (bicyclic) bond motifs is 1. The van der Waals surface area contributed by atoms with Crippen LogP contribution in [0, 0.1) is 22.7 Å². The minimum Gasteiger partial charge on any atom is -0.494 e. The second kappa shape index (κ2) is 13.3. The van der Waals surface area contributed by atoms with E-state index < -0.39 is 10.0 Å². The third kappa shape index (κ3) is 6.85. The Hall–Kier alpha value is -3.55. The topological polar surface area (TPSA) is 131 Å². The summed E-state index contributed by atoms with van der Waals surface area (Å²) in [5.41, 5.74) is 0.998. The molecule has 0 saturated carbocycles. The fourth-order valence-electron chi connectivity index (χ4n) is 3.80. The maximum Gasteiger partial charge on any atom is 0.260 e. The zero-order chi connectivity index (χ0) is 27.7. The van der Waals surface area contributed by atoms with Crippen LogP contribution in [-0.4, -0.2) is 75.9 Å². The number of benzene rings is 2. The van der Waals surface area contributed by atoms with Crippen LogP contribution in [0.3, 0.4) is 0 Å². The minimum atomic E-state index is -3.93. The van der Waals surface area contributed by atoms with Crippen LogP contribution in [0.2, 0.25) is 0 Å². The van der Waals surface area contributed by atoms with E-state index in [1.165, 1.54) is 35.6 Å². The van der Waals surface area contributed by atoms with Gasteiger partial charge in [0.05, 0.1) is 28.8 Å². The molecule has 12 heteroatoms. The molecule has 0 radical (unpaired) electrons. The van der Waals surface area contributed by atoms with Crippen molar-refractivity contribution < 1.29 is 17.9 Å². The quantitative estimate of drug-likeness (QED) is 0.312. The number of nitrogens with zero attached hydrogens (tertiary/aromatic N) is 6. The highest BCUT2D eigenvalue weighted by Crippen LogP contribution is 2.34. The molecular weight excluding hydrogens is 524 g/mol. The van der Waals surface area contributed by atoms with Crippen molar-refractivity contribution >= 4 is 42.6 Å². The van der Waals surface area contributed by atoms with Gasteiger partial charge in [0.1, 0.15) is 11.3 Å². The molecule has 0 fully saturated rings. The van der Waals surface area contributed by atoms with E-state index in [4.69, 9.17) is 20.2 Å². The van der Waals surface area contributed by atoms with Crippen molar-refractivity contribution in [1.29, 1.82) is 10.5 Å². The molecule has 3 aromatic rings. The van der Waals surface area contributed by atoms with Crippen LogP contribution < -0.4 is 9.64 Å². The van der Waals surface area contributed by atoms with Crippen molar-refractivity contribution in [3.8, 4) is 17.9 Å². The van der Waals surface area contributed by atoms with E-state index in [-0.39, 0.29) is 36.7 Å². The van der Waals surface area contributed by atoms with Gasteiger partial charge >= 0.3 is 0 Å². The Morgan fingerprint density at radius 3 is 2.24 bits per heavy atom. The molecule has 0 unspecified atom stereocenters. The summed E-state index contributed by atoms with van der Waals surface area (Å²) >= 11 is 1.39. The van der Waals surface area contributed by atoms with Crippen LogP contribution in [0.15, 0.2) is 47.4 Å². The van der Waals surface area contributed by atoms with Crippen molar-refractivity contribution in [2.45, 2.75) is 24.2 Å². The van der Waals surface area contributed by atoms with E-state index in [1.807, 2.05) is 49.3 Å². The minimum absolute atomic E-state index is 0.00573. The summed E-state index contributed by atoms with van der Waals surface area (Å²) in [5, 5.41) is 18.3. The molecule has 0 aliphatic heterocycles. The van der Waals surface area contributed by atoms with E-state index >= 15 is 0 Å². The summed E-state index contributed by atoms with van der Waals surface area (Å²) in [6.45, 7) is 1.18. The van der Waals surface area contributed by atoms with Gasteiger partial charge in [0.2, 0.25) is 10.0 Å². The van der Waals surface area contributed by atoms with Crippen LogP contribution in [0.5, 0.6) is 5.75 Å². The molecule has 3 rings (SSSR count). The van der Waals surface area contributed by atoms with Gasteiger partial charge in [0.25, 0.3) is 5.91 Å². The first kappa shape index (κ1) is 29.0. The monoisotopic (exact) mass is 554 g/mol. The summed E-state index contributed by atoms with van der Waals surface area (Å²) in [7, 11) is 1.57. The van der Waals surface area contributed by atoms with Crippen LogP contribution in [0.4, 0.5) is 5.13 Å². The molecule has 0 N–H and O–H groups in total. The molecule has 1 aromatic heterocycles. The molecule has 10 nitrogen and oxygen atoms in total. The number of hydrogen-bond donors (Lipinski definition) is 0. The van der Waals surface area contributed by atoms with E-state index in [9.17, 15) is 13.2 Å². The number of aromatic nitrogens is 1. The number of rotatable bonds is 13. The lowest BCUT2D eigenvalue weighted by Gasteiger charge is -2.22. The Balaban J connectivity index is 1.92. The van der Waals surface area contributed by atoms with Crippen molar-refractivity contribution in [3.05, 3.63) is 48.0 Å². The Kier molecular flexibility index (Phi) is 10.2. The van der Waals surface area contributed by atoms with Crippen LogP contribution in [-0.2, 0) is 10.0 Å². The van der Waals surface area contributed by atoms with Gasteiger partial charge in [-0.1, -0.05) is 17.4 Å². The Labute approximate surface area is 227 Å². The van der Waals surface area contributed by atoms with Gasteiger partial charge in [-0.2, -0.15) is 14.8 Å². The highest BCUT2D eigenvalue weighted by Gasteiger charge is 2.26. The van der Waals surface area contributed by atoms with Gasteiger partial charge in [-0.25, -0.2) is 13.4 Å². The summed E-state index contributed by atoms with van der Waals surface area (Å²) in [6.07, 6.45) is 0.733. The Morgan fingerprint density at radius 2 is 1.66 bits per heavy atom. The smallest absolute Gasteiger partial charge is 0.260 e. The van der Waals surface area contributed by atoms with Crippen LogP contribution in [0.25, 0.3) is 10.2 Å². The van der Waals surface area contributed by atoms with E-state index in [1.54, 1.807) is 12.0 Å². The Bertz CT molecular complexity index is 1420. The molecule has 0 bridgehead atoms. The van der Waals surface area contributed by atoms with E-state index in [0.717, 1.165) is 15.5 Å². The zero-order valence-corrected chi connectivity index (χ0v) is 23.3. The third-order valence-electron chi connectivity index (χ3n) is 5.74. The second-order valence-corrected chi connectivity index (χ2v) is 11.6. The second-order valence-electron chi connectivity index (χ2n) is 8.66. The van der Waals surface area contributed by atoms with Gasteiger partial charge in [-0.3, -0.25) is 9.69 Å². The first-order valence-corrected chi connectivity index (χ1v) is 14.2. The number of ether oxygens (including phenoxy) is 1. The molecule has 0 aliphatic rings. The van der Waals surface area contributed by atoms with Gasteiger partial charge in [-0.15, -0.1) is 0 Å². The highest BCUT2D eigenvalue weighted by atomic mass is 32.2. The average Bonchev–Trinajstić information content (AvgIpc) is 3.34. The molecule has 2 aromatic carbocycles. The number of anilines is 1. The fraction of sp³-hybridized carbons (Fsp3) is 0.385. The van der Waals surface area contributed by atoms with Gasteiger partial charge in [0, 0.05) is 38.0 Å². The number of amides is 1. The number of carbonyl (C=O) groups is 1. The number of carbonyl (C=O) groups excluding carboxylic acids is 1. The predicted molar refractivity (Wildman–Crippen MR) is 147 cm³/mol. The molecule has 38 heavy (non-hydrogen) atoms. The SMILES string of the molecule is COc1cccc2sc(N(CCCN(C)C)C(=O)c3ccc(S(=O)(=O)N(CCC#N)CCC#N)cc3)nc12. The number of para-hydroxylation sites is 1. The summed E-state index contributed by atoms with van der Waals surface area (Å²) in [4.78, 5) is 22.0. The van der Waals surface area contributed by atoms with Gasteiger partial charge in [-0.05, 0) is 63.5 Å². The summed E-state index contributed by atoms with van der Waals surface area (Å²) < 4.78 is 33.7. The van der Waals surface area contributed by atoms with Crippen molar-refractivity contribution in [2.75, 3.05) is 52.3 Å². The molecule has 0 atom stereocenters. The summed E-state index contributed by atoms with van der Waals surface area (Å²) in [5.74, 6) is 0.328. The van der Waals surface area contributed by atoms with E-state index in [0.29, 0.717) is 34.9 Å². The van der Waals surface area contributed by atoms with Crippen LogP contribution >= 0.6 is 11.3 Å². The molecule has 0 saturated heterocycles. The molecule has 0 spiro atoms. The standard InChI is InChI=1S/C26H30N6O4S2/c1-30(2)16-7-19-32(26-29-24-22(36-3)8-4-9-23(24)37-26)25(33)20-10-12-21(13-11-20)38(34,35)31(17-5-14-27)18-6-15-28/h4,8-13H,5-7,16-19H2,1-3H3. The van der Waals surface area contributed by atoms with Crippen molar-refractivity contribution in [2.24, 2.45) is 0 Å². The number of nitriles is 2. The lowest BCUT2D eigenvalue weighted by Crippen LogP contribution is -2.34. The number of thiazole rings is 1. The predicted octanol–water partition coefficient (Wildman–Crippen LogP) is 3.72. The number of methoxy groups -OCH3 is 1. The first-order chi connectivity index (χ1) is 18.2. The van der Waals surface area contributed by atoms with Gasteiger partial charge < -0.3 is 9.64 Å². The zero-order valence-electron chi connectivity index (χ0n) is 21.6. The van der Waals surface area contributed by atoms with Crippen molar-refractivity contribution in [3.63, 3.8) is 0 Å². The maximum absolute atomic E-state index is 13.6. The lowest BCUT2D eigenvalue weighted by atomic mass is 10.2. The average molecular weight is 555 g/mol. The summed E-state index contributed by atoms with van der Waals surface area (Å²) in [6, 6.07) is 15.2. The molecule has 0 aliphatic carbocycles. The number of sulfonamides is 1. The Morgan fingerprint density at radius 1 is 1.00 bits per heavy atom. The normalized spacial score (nSPS) is 11.4. The van der Waals surface area contributed by atoms with Gasteiger partial charge in [0.15, 0.2) is 5.13 Å². The molecule has 200 valence electrons.